The molecule has 0 saturated heterocycles. The van der Waals surface area contributed by atoms with Crippen LogP contribution in [-0.4, -0.2) is 33.0 Å². The van der Waals surface area contributed by atoms with Crippen molar-refractivity contribution < 1.29 is 9.18 Å². The number of carbonyl (C=O) groups excluding carboxylic acids is 1. The number of benzene rings is 2. The summed E-state index contributed by atoms with van der Waals surface area (Å²) < 4.78 is 14.8. The van der Waals surface area contributed by atoms with Crippen molar-refractivity contribution in [3.63, 3.8) is 0 Å². The lowest BCUT2D eigenvalue weighted by Crippen LogP contribution is -2.23. The van der Waals surface area contributed by atoms with Crippen LogP contribution in [0.1, 0.15) is 22.3 Å². The third-order valence-electron chi connectivity index (χ3n) is 4.21. The summed E-state index contributed by atoms with van der Waals surface area (Å²) in [7, 11) is 1.90. The normalized spacial score (nSPS) is 14.2. The lowest BCUT2D eigenvalue weighted by molar-refractivity contribution is 0.0778. The Balaban J connectivity index is 1.62. The van der Waals surface area contributed by atoms with Crippen molar-refractivity contribution in [3.05, 3.63) is 65.6 Å². The molecule has 1 aromatic heterocycles. The molecule has 5 nitrogen and oxygen atoms in total. The number of fused-ring (bicyclic) bond motifs is 1. The number of aromatic nitrogens is 2. The minimum atomic E-state index is -0.360. The van der Waals surface area contributed by atoms with Gasteiger partial charge < -0.3 is 0 Å². The molecule has 6 heteroatoms. The minimum Gasteiger partial charge on any atom is -0.268 e. The molecular formula is C18H15FN4O. The van der Waals surface area contributed by atoms with Crippen LogP contribution in [0.3, 0.4) is 0 Å². The van der Waals surface area contributed by atoms with E-state index in [1.807, 2.05) is 36.1 Å². The fourth-order valence-corrected chi connectivity index (χ4v) is 2.87. The van der Waals surface area contributed by atoms with Crippen LogP contribution in [-0.2, 0) is 7.05 Å². The summed E-state index contributed by atoms with van der Waals surface area (Å²) in [6.45, 7) is 0.523. The van der Waals surface area contributed by atoms with E-state index in [4.69, 9.17) is 0 Å². The van der Waals surface area contributed by atoms with Crippen LogP contribution in [0.25, 0.3) is 10.9 Å². The summed E-state index contributed by atoms with van der Waals surface area (Å²) in [6.07, 6.45) is 2.51. The summed E-state index contributed by atoms with van der Waals surface area (Å²) in [5, 5.41) is 11.2. The molecule has 0 spiro atoms. The SMILES string of the molecule is Cn1ncc2ccc(C3=NN(C(=O)c4ccc(F)cc4)CC3)cc21. The molecule has 120 valence electrons. The Morgan fingerprint density at radius 3 is 2.75 bits per heavy atom. The number of aryl methyl sites for hydroxylation is 1. The van der Waals surface area contributed by atoms with Crippen molar-refractivity contribution in [3.8, 4) is 0 Å². The van der Waals surface area contributed by atoms with Gasteiger partial charge in [0.15, 0.2) is 0 Å². The largest absolute Gasteiger partial charge is 0.273 e. The number of rotatable bonds is 2. The van der Waals surface area contributed by atoms with Gasteiger partial charge in [0.05, 0.1) is 24.0 Å². The van der Waals surface area contributed by atoms with Gasteiger partial charge in [0, 0.05) is 24.4 Å². The van der Waals surface area contributed by atoms with E-state index in [-0.39, 0.29) is 11.7 Å². The average Bonchev–Trinajstić information content (AvgIpc) is 3.22. The number of hydrogen-bond acceptors (Lipinski definition) is 3. The van der Waals surface area contributed by atoms with Gasteiger partial charge in [-0.15, -0.1) is 0 Å². The predicted molar refractivity (Wildman–Crippen MR) is 89.3 cm³/mol. The van der Waals surface area contributed by atoms with Crippen LogP contribution < -0.4 is 0 Å². The van der Waals surface area contributed by atoms with Gasteiger partial charge in [0.25, 0.3) is 5.91 Å². The molecule has 2 aromatic carbocycles. The molecule has 0 N–H and O–H groups in total. The average molecular weight is 322 g/mol. The molecule has 0 aliphatic carbocycles. The molecule has 1 aliphatic rings. The number of carbonyl (C=O) groups is 1. The van der Waals surface area contributed by atoms with Crippen LogP contribution in [0.15, 0.2) is 53.8 Å². The van der Waals surface area contributed by atoms with Gasteiger partial charge in [0.1, 0.15) is 5.82 Å². The number of halogens is 1. The third-order valence-corrected chi connectivity index (χ3v) is 4.21. The van der Waals surface area contributed by atoms with Crippen LogP contribution in [0.4, 0.5) is 4.39 Å². The molecule has 0 saturated carbocycles. The molecule has 0 fully saturated rings. The van der Waals surface area contributed by atoms with E-state index < -0.39 is 0 Å². The quantitative estimate of drug-likeness (QED) is 0.728. The highest BCUT2D eigenvalue weighted by Crippen LogP contribution is 2.20. The second-order valence-electron chi connectivity index (χ2n) is 5.77. The van der Waals surface area contributed by atoms with Gasteiger partial charge in [-0.05, 0) is 35.9 Å². The molecule has 1 amide bonds. The van der Waals surface area contributed by atoms with Gasteiger partial charge in [-0.3, -0.25) is 9.48 Å². The Labute approximate surface area is 138 Å². The first-order valence-electron chi connectivity index (χ1n) is 7.69. The molecule has 0 bridgehead atoms. The van der Waals surface area contributed by atoms with E-state index in [1.54, 1.807) is 0 Å². The molecular weight excluding hydrogens is 307 g/mol. The fourth-order valence-electron chi connectivity index (χ4n) is 2.87. The highest BCUT2D eigenvalue weighted by molar-refractivity contribution is 6.06. The number of hydrogen-bond donors (Lipinski definition) is 0. The maximum Gasteiger partial charge on any atom is 0.273 e. The number of nitrogens with zero attached hydrogens (tertiary/aromatic N) is 4. The van der Waals surface area contributed by atoms with Crippen molar-refractivity contribution in [1.29, 1.82) is 0 Å². The Morgan fingerprint density at radius 2 is 1.96 bits per heavy atom. The van der Waals surface area contributed by atoms with Crippen LogP contribution in [0, 0.1) is 5.82 Å². The van der Waals surface area contributed by atoms with E-state index in [0.29, 0.717) is 18.5 Å². The maximum atomic E-state index is 13.0. The van der Waals surface area contributed by atoms with E-state index >= 15 is 0 Å². The summed E-state index contributed by atoms with van der Waals surface area (Å²) in [4.78, 5) is 12.4. The molecule has 1 aliphatic heterocycles. The van der Waals surface area contributed by atoms with Crippen LogP contribution in [0.5, 0.6) is 0 Å². The summed E-state index contributed by atoms with van der Waals surface area (Å²) in [5.41, 5.74) is 3.32. The zero-order valence-electron chi connectivity index (χ0n) is 13.1. The lowest BCUT2D eigenvalue weighted by Gasteiger charge is -2.11. The monoisotopic (exact) mass is 322 g/mol. The summed E-state index contributed by atoms with van der Waals surface area (Å²) >= 11 is 0. The molecule has 4 rings (SSSR count). The smallest absolute Gasteiger partial charge is 0.268 e. The Bertz CT molecular complexity index is 959. The highest BCUT2D eigenvalue weighted by Gasteiger charge is 2.23. The lowest BCUT2D eigenvalue weighted by atomic mass is 10.1. The second-order valence-corrected chi connectivity index (χ2v) is 5.77. The van der Waals surface area contributed by atoms with E-state index in [1.165, 1.54) is 29.3 Å². The molecule has 3 aromatic rings. The fraction of sp³-hybridized carbons (Fsp3) is 0.167. The summed E-state index contributed by atoms with van der Waals surface area (Å²) in [5.74, 6) is -0.576. The van der Waals surface area contributed by atoms with Crippen molar-refractivity contribution in [1.82, 2.24) is 14.8 Å². The molecule has 2 heterocycles. The number of amides is 1. The van der Waals surface area contributed by atoms with Crippen molar-refractivity contribution in [2.45, 2.75) is 6.42 Å². The second kappa shape index (κ2) is 5.56. The highest BCUT2D eigenvalue weighted by atomic mass is 19.1. The standard InChI is InChI=1S/C18H15FN4O/c1-22-17-10-13(2-3-14(17)11-20-22)16-8-9-23(21-16)18(24)12-4-6-15(19)7-5-12/h2-7,10-11H,8-9H2,1H3. The van der Waals surface area contributed by atoms with E-state index in [2.05, 4.69) is 10.2 Å². The maximum absolute atomic E-state index is 13.0. The first-order valence-corrected chi connectivity index (χ1v) is 7.69. The van der Waals surface area contributed by atoms with Crippen LogP contribution in [0.2, 0.25) is 0 Å². The van der Waals surface area contributed by atoms with Gasteiger partial charge in [-0.2, -0.15) is 10.2 Å². The Morgan fingerprint density at radius 1 is 1.17 bits per heavy atom. The van der Waals surface area contributed by atoms with Crippen molar-refractivity contribution in [2.24, 2.45) is 12.1 Å². The zero-order valence-corrected chi connectivity index (χ0v) is 13.1. The molecule has 0 atom stereocenters. The van der Waals surface area contributed by atoms with Crippen molar-refractivity contribution >= 4 is 22.5 Å². The van der Waals surface area contributed by atoms with Crippen LogP contribution >= 0.6 is 0 Å². The first-order chi connectivity index (χ1) is 11.6. The van der Waals surface area contributed by atoms with E-state index in [9.17, 15) is 9.18 Å². The van der Waals surface area contributed by atoms with E-state index in [0.717, 1.165) is 22.2 Å². The van der Waals surface area contributed by atoms with Gasteiger partial charge in [0.2, 0.25) is 0 Å². The van der Waals surface area contributed by atoms with Crippen molar-refractivity contribution in [2.75, 3.05) is 6.54 Å². The van der Waals surface area contributed by atoms with Gasteiger partial charge in [-0.1, -0.05) is 12.1 Å². The number of hydrazone groups is 1. The molecule has 0 unspecified atom stereocenters. The topological polar surface area (TPSA) is 50.5 Å². The predicted octanol–water partition coefficient (Wildman–Crippen LogP) is 2.96. The Kier molecular flexibility index (Phi) is 3.37. The van der Waals surface area contributed by atoms with Gasteiger partial charge >= 0.3 is 0 Å². The third kappa shape index (κ3) is 2.46. The Hall–Kier alpha value is -3.02. The summed E-state index contributed by atoms with van der Waals surface area (Å²) in [6, 6.07) is 11.6. The van der Waals surface area contributed by atoms with Gasteiger partial charge in [-0.25, -0.2) is 9.40 Å². The molecule has 24 heavy (non-hydrogen) atoms. The minimum absolute atomic E-state index is 0.216. The molecule has 0 radical (unpaired) electrons. The zero-order chi connectivity index (χ0) is 16.7. The first kappa shape index (κ1) is 14.6.